The predicted octanol–water partition coefficient (Wildman–Crippen LogP) is 1.31. The first-order chi connectivity index (χ1) is 8.76. The number of halogens is 1. The molecule has 0 saturated heterocycles. The van der Waals surface area contributed by atoms with Gasteiger partial charge in [-0.2, -0.15) is 5.26 Å². The average molecular weight is 243 g/mol. The van der Waals surface area contributed by atoms with Crippen molar-refractivity contribution < 1.29 is 4.39 Å². The van der Waals surface area contributed by atoms with E-state index < -0.39 is 5.82 Å². The summed E-state index contributed by atoms with van der Waals surface area (Å²) < 4.78 is 15.4. The lowest BCUT2D eigenvalue weighted by molar-refractivity contribution is 0.557. The molecule has 0 N–H and O–H groups in total. The summed E-state index contributed by atoms with van der Waals surface area (Å²) in [5.74, 6) is 0.458. The van der Waals surface area contributed by atoms with Crippen molar-refractivity contribution in [1.29, 1.82) is 5.26 Å². The number of anilines is 1. The normalized spacial score (nSPS) is 14.1. The monoisotopic (exact) mass is 243 g/mol. The standard InChI is InChI=1S/C12H10FN5/c13-10-3-9(6-14)4-11(5-10)17-1-2-18-8-15-16-12(18)7-17/h3-5,8H,1-2,7H2. The fourth-order valence-corrected chi connectivity index (χ4v) is 2.11. The summed E-state index contributed by atoms with van der Waals surface area (Å²) in [5, 5.41) is 16.7. The Morgan fingerprint density at radius 1 is 1.28 bits per heavy atom. The van der Waals surface area contributed by atoms with Crippen LogP contribution in [0.5, 0.6) is 0 Å². The van der Waals surface area contributed by atoms with E-state index in [0.29, 0.717) is 17.8 Å². The minimum absolute atomic E-state index is 0.331. The Balaban J connectivity index is 1.93. The van der Waals surface area contributed by atoms with Gasteiger partial charge in [-0.15, -0.1) is 10.2 Å². The third-order valence-corrected chi connectivity index (χ3v) is 3.02. The second-order valence-corrected chi connectivity index (χ2v) is 4.17. The Bertz CT molecular complexity index is 628. The second-order valence-electron chi connectivity index (χ2n) is 4.17. The highest BCUT2D eigenvalue weighted by molar-refractivity contribution is 5.52. The van der Waals surface area contributed by atoms with Crippen molar-refractivity contribution in [2.75, 3.05) is 11.4 Å². The Hall–Kier alpha value is -2.42. The zero-order valence-electron chi connectivity index (χ0n) is 9.54. The summed E-state index contributed by atoms with van der Waals surface area (Å²) in [5.41, 5.74) is 1.04. The molecule has 0 aliphatic carbocycles. The maximum atomic E-state index is 13.4. The molecule has 2 heterocycles. The van der Waals surface area contributed by atoms with Crippen LogP contribution in [-0.2, 0) is 13.1 Å². The summed E-state index contributed by atoms with van der Waals surface area (Å²) in [6.45, 7) is 2.09. The van der Waals surface area contributed by atoms with Crippen LogP contribution >= 0.6 is 0 Å². The van der Waals surface area contributed by atoms with Gasteiger partial charge in [0.15, 0.2) is 5.82 Å². The lowest BCUT2D eigenvalue weighted by Gasteiger charge is -2.29. The molecule has 0 bridgehead atoms. The van der Waals surface area contributed by atoms with Crippen LogP contribution in [0, 0.1) is 17.1 Å². The molecule has 2 aromatic rings. The molecule has 0 saturated carbocycles. The highest BCUT2D eigenvalue weighted by Crippen LogP contribution is 2.22. The zero-order chi connectivity index (χ0) is 12.5. The molecule has 1 aromatic carbocycles. The number of rotatable bonds is 1. The molecule has 0 fully saturated rings. The number of benzene rings is 1. The van der Waals surface area contributed by atoms with Crippen LogP contribution in [0.2, 0.25) is 0 Å². The van der Waals surface area contributed by atoms with Crippen molar-refractivity contribution in [3.05, 3.63) is 41.7 Å². The molecule has 5 nitrogen and oxygen atoms in total. The fourth-order valence-electron chi connectivity index (χ4n) is 2.11. The van der Waals surface area contributed by atoms with Gasteiger partial charge in [-0.1, -0.05) is 0 Å². The maximum absolute atomic E-state index is 13.4. The average Bonchev–Trinajstić information content (AvgIpc) is 2.85. The highest BCUT2D eigenvalue weighted by Gasteiger charge is 2.18. The van der Waals surface area contributed by atoms with Gasteiger partial charge in [0.05, 0.1) is 18.2 Å². The molecule has 0 radical (unpaired) electrons. The zero-order valence-corrected chi connectivity index (χ0v) is 9.54. The summed E-state index contributed by atoms with van der Waals surface area (Å²) in [6, 6.07) is 6.32. The molecule has 3 rings (SSSR count). The lowest BCUT2D eigenvalue weighted by atomic mass is 10.2. The molecule has 0 amide bonds. The summed E-state index contributed by atoms with van der Waals surface area (Å²) in [4.78, 5) is 1.99. The van der Waals surface area contributed by atoms with Crippen LogP contribution in [0.15, 0.2) is 24.5 Å². The van der Waals surface area contributed by atoms with Crippen LogP contribution in [-0.4, -0.2) is 21.3 Å². The first kappa shape index (κ1) is 10.7. The molecule has 1 aromatic heterocycles. The molecule has 0 atom stereocenters. The van der Waals surface area contributed by atoms with Crippen molar-refractivity contribution in [3.8, 4) is 6.07 Å². The van der Waals surface area contributed by atoms with E-state index in [1.165, 1.54) is 12.1 Å². The van der Waals surface area contributed by atoms with Gasteiger partial charge < -0.3 is 9.47 Å². The van der Waals surface area contributed by atoms with Gasteiger partial charge in [0.25, 0.3) is 0 Å². The van der Waals surface area contributed by atoms with E-state index in [2.05, 4.69) is 10.2 Å². The number of nitrogens with zero attached hydrogens (tertiary/aromatic N) is 5. The molecular formula is C12H10FN5. The Kier molecular flexibility index (Phi) is 2.45. The first-order valence-corrected chi connectivity index (χ1v) is 5.58. The van der Waals surface area contributed by atoms with Gasteiger partial charge in [-0.05, 0) is 18.2 Å². The van der Waals surface area contributed by atoms with Crippen LogP contribution in [0.1, 0.15) is 11.4 Å². The topological polar surface area (TPSA) is 57.7 Å². The van der Waals surface area contributed by atoms with Gasteiger partial charge >= 0.3 is 0 Å². The van der Waals surface area contributed by atoms with Crippen molar-refractivity contribution in [1.82, 2.24) is 14.8 Å². The number of aromatic nitrogens is 3. The van der Waals surface area contributed by atoms with E-state index in [0.717, 1.165) is 18.9 Å². The smallest absolute Gasteiger partial charge is 0.152 e. The van der Waals surface area contributed by atoms with E-state index in [9.17, 15) is 4.39 Å². The summed E-state index contributed by atoms with van der Waals surface area (Å²) in [6.07, 6.45) is 1.69. The minimum Gasteiger partial charge on any atom is -0.362 e. The van der Waals surface area contributed by atoms with Crippen molar-refractivity contribution >= 4 is 5.69 Å². The van der Waals surface area contributed by atoms with Gasteiger partial charge in [0.2, 0.25) is 0 Å². The van der Waals surface area contributed by atoms with Crippen LogP contribution < -0.4 is 4.90 Å². The molecule has 90 valence electrons. The molecule has 0 unspecified atom stereocenters. The summed E-state index contributed by atoms with van der Waals surface area (Å²) >= 11 is 0. The Morgan fingerprint density at radius 3 is 3.00 bits per heavy atom. The van der Waals surface area contributed by atoms with Crippen LogP contribution in [0.4, 0.5) is 10.1 Å². The molecule has 1 aliphatic heterocycles. The Morgan fingerprint density at radius 2 is 2.17 bits per heavy atom. The molecule has 0 spiro atoms. The van der Waals surface area contributed by atoms with E-state index in [1.807, 2.05) is 15.5 Å². The van der Waals surface area contributed by atoms with E-state index in [-0.39, 0.29) is 0 Å². The van der Waals surface area contributed by atoms with Gasteiger partial charge in [-0.25, -0.2) is 4.39 Å². The molecule has 1 aliphatic rings. The van der Waals surface area contributed by atoms with Gasteiger partial charge in [0, 0.05) is 18.8 Å². The quantitative estimate of drug-likeness (QED) is 0.757. The first-order valence-electron chi connectivity index (χ1n) is 5.58. The Labute approximate surface area is 103 Å². The molecular weight excluding hydrogens is 233 g/mol. The lowest BCUT2D eigenvalue weighted by Crippen LogP contribution is -2.33. The third-order valence-electron chi connectivity index (χ3n) is 3.02. The van der Waals surface area contributed by atoms with Crippen molar-refractivity contribution in [2.45, 2.75) is 13.1 Å². The van der Waals surface area contributed by atoms with Gasteiger partial charge in [-0.3, -0.25) is 0 Å². The minimum atomic E-state index is -0.393. The number of hydrogen-bond acceptors (Lipinski definition) is 4. The fraction of sp³-hybridized carbons (Fsp3) is 0.250. The van der Waals surface area contributed by atoms with Crippen molar-refractivity contribution in [3.63, 3.8) is 0 Å². The highest BCUT2D eigenvalue weighted by atomic mass is 19.1. The maximum Gasteiger partial charge on any atom is 0.152 e. The SMILES string of the molecule is N#Cc1cc(F)cc(N2CCn3cnnc3C2)c1. The van der Waals surface area contributed by atoms with E-state index in [4.69, 9.17) is 5.26 Å². The van der Waals surface area contributed by atoms with E-state index >= 15 is 0 Å². The molecule has 18 heavy (non-hydrogen) atoms. The van der Waals surface area contributed by atoms with Crippen LogP contribution in [0.3, 0.4) is 0 Å². The second kappa shape index (κ2) is 4.11. The molecule has 6 heteroatoms. The third kappa shape index (κ3) is 1.80. The number of nitriles is 1. The number of hydrogen-bond donors (Lipinski definition) is 0. The number of fused-ring (bicyclic) bond motifs is 1. The largest absolute Gasteiger partial charge is 0.362 e. The summed E-state index contributed by atoms with van der Waals surface area (Å²) in [7, 11) is 0. The predicted molar refractivity (Wildman–Crippen MR) is 62.2 cm³/mol. The van der Waals surface area contributed by atoms with Crippen molar-refractivity contribution in [2.24, 2.45) is 0 Å². The van der Waals surface area contributed by atoms with Crippen LogP contribution in [0.25, 0.3) is 0 Å². The van der Waals surface area contributed by atoms with E-state index in [1.54, 1.807) is 12.4 Å². The van der Waals surface area contributed by atoms with Gasteiger partial charge in [0.1, 0.15) is 12.1 Å².